The van der Waals surface area contributed by atoms with Crippen LogP contribution in [0.15, 0.2) is 91.0 Å². The first-order valence-electron chi connectivity index (χ1n) is 13.9. The number of allylic oxidation sites excluding steroid dienone is 2. The van der Waals surface area contributed by atoms with Gasteiger partial charge < -0.3 is 14.2 Å². The fraction of sp³-hybridized carbons (Fsp3) is 0.382. The third-order valence-electron chi connectivity index (χ3n) is 8.42. The van der Waals surface area contributed by atoms with E-state index in [1.807, 2.05) is 18.2 Å². The van der Waals surface area contributed by atoms with Gasteiger partial charge in [-0.1, -0.05) is 78.9 Å². The van der Waals surface area contributed by atoms with Gasteiger partial charge in [-0.3, -0.25) is 4.79 Å². The minimum absolute atomic E-state index is 0.133. The Labute approximate surface area is 230 Å². The molecule has 0 spiro atoms. The van der Waals surface area contributed by atoms with E-state index < -0.39 is 0 Å². The Hall–Kier alpha value is -3.28. The molecular formula is C34H37FO4. The largest absolute Gasteiger partial charge is 0.469 e. The lowest BCUT2D eigenvalue weighted by molar-refractivity contribution is -0.140. The average Bonchev–Trinajstić information content (AvgIpc) is 3.54. The van der Waals surface area contributed by atoms with Gasteiger partial charge in [0.1, 0.15) is 5.82 Å². The van der Waals surface area contributed by atoms with Crippen molar-refractivity contribution < 1.29 is 23.4 Å². The van der Waals surface area contributed by atoms with Gasteiger partial charge >= 0.3 is 5.97 Å². The molecule has 39 heavy (non-hydrogen) atoms. The third kappa shape index (κ3) is 6.32. The molecule has 1 heterocycles. The molecule has 1 saturated heterocycles. The second-order valence-corrected chi connectivity index (χ2v) is 10.7. The van der Waals surface area contributed by atoms with Gasteiger partial charge in [0.15, 0.2) is 0 Å². The van der Waals surface area contributed by atoms with Crippen molar-refractivity contribution in [1.82, 2.24) is 0 Å². The van der Waals surface area contributed by atoms with E-state index in [9.17, 15) is 9.18 Å². The Balaban J connectivity index is 1.24. The van der Waals surface area contributed by atoms with Crippen LogP contribution < -0.4 is 0 Å². The lowest BCUT2D eigenvalue weighted by Gasteiger charge is -2.39. The second kappa shape index (κ2) is 12.7. The van der Waals surface area contributed by atoms with Crippen LogP contribution in [0, 0.1) is 17.7 Å². The molecule has 2 bridgehead atoms. The highest BCUT2D eigenvalue weighted by atomic mass is 19.1. The van der Waals surface area contributed by atoms with E-state index in [2.05, 4.69) is 60.7 Å². The molecule has 5 rings (SSSR count). The average molecular weight is 529 g/mol. The van der Waals surface area contributed by atoms with E-state index >= 15 is 0 Å². The lowest BCUT2D eigenvalue weighted by Crippen LogP contribution is -2.41. The topological polar surface area (TPSA) is 44.8 Å². The molecule has 2 fully saturated rings. The molecule has 0 aromatic heterocycles. The predicted octanol–water partition coefficient (Wildman–Crippen LogP) is 7.27. The number of ether oxygens (including phenoxy) is 3. The van der Waals surface area contributed by atoms with E-state index in [4.69, 9.17) is 14.2 Å². The summed E-state index contributed by atoms with van der Waals surface area (Å²) in [6, 6.07) is 25.9. The predicted molar refractivity (Wildman–Crippen MR) is 151 cm³/mol. The summed E-state index contributed by atoms with van der Waals surface area (Å²) >= 11 is 0. The quantitative estimate of drug-likeness (QED) is 0.141. The highest BCUT2D eigenvalue weighted by Crippen LogP contribution is 2.56. The van der Waals surface area contributed by atoms with Crippen LogP contribution in [0.5, 0.6) is 0 Å². The van der Waals surface area contributed by atoms with Crippen molar-refractivity contribution in [2.45, 2.75) is 50.2 Å². The molecule has 0 unspecified atom stereocenters. The zero-order chi connectivity index (χ0) is 27.1. The molecule has 3 aromatic carbocycles. The first-order valence-corrected chi connectivity index (χ1v) is 13.9. The van der Waals surface area contributed by atoms with Gasteiger partial charge in [-0.2, -0.15) is 0 Å². The molecule has 0 amide bonds. The molecule has 5 heteroatoms. The number of hydrogen-bond acceptors (Lipinski definition) is 4. The summed E-state index contributed by atoms with van der Waals surface area (Å²) in [6.07, 6.45) is 8.41. The SMILES string of the molecule is COC(=O)CCC/C=C\C[C@H]1[C@H](COCc2ccc(-c3ccccc3)cc2)[C@@H]2C[C@@]1(c1ccc(F)cc1)CO2. The highest BCUT2D eigenvalue weighted by molar-refractivity contribution is 5.69. The van der Waals surface area contributed by atoms with E-state index in [0.29, 0.717) is 32.2 Å². The number of benzene rings is 3. The molecular weight excluding hydrogens is 491 g/mol. The normalized spacial score (nSPS) is 23.9. The van der Waals surface area contributed by atoms with Crippen LogP contribution in [0.25, 0.3) is 11.1 Å². The molecule has 0 radical (unpaired) electrons. The van der Waals surface area contributed by atoms with Crippen molar-refractivity contribution in [3.8, 4) is 11.1 Å². The van der Waals surface area contributed by atoms with Gasteiger partial charge in [0.2, 0.25) is 0 Å². The first-order chi connectivity index (χ1) is 19.1. The number of methoxy groups -OCH3 is 1. The van der Waals surface area contributed by atoms with Crippen LogP contribution in [0.1, 0.15) is 43.2 Å². The van der Waals surface area contributed by atoms with Gasteiger partial charge in [-0.05, 0) is 66.0 Å². The van der Waals surface area contributed by atoms with E-state index in [1.54, 1.807) is 12.1 Å². The van der Waals surface area contributed by atoms with Crippen molar-refractivity contribution in [1.29, 1.82) is 0 Å². The van der Waals surface area contributed by atoms with Crippen molar-refractivity contribution in [3.05, 3.63) is 108 Å². The molecule has 1 aliphatic heterocycles. The summed E-state index contributed by atoms with van der Waals surface area (Å²) in [5.74, 6) is 0.200. The third-order valence-corrected chi connectivity index (χ3v) is 8.42. The van der Waals surface area contributed by atoms with E-state index in [-0.39, 0.29) is 29.2 Å². The van der Waals surface area contributed by atoms with E-state index in [0.717, 1.165) is 36.8 Å². The van der Waals surface area contributed by atoms with Gasteiger partial charge in [0.05, 0.1) is 33.0 Å². The summed E-state index contributed by atoms with van der Waals surface area (Å²) < 4.78 is 31.1. The first kappa shape index (κ1) is 27.3. The molecule has 1 aliphatic carbocycles. The number of unbranched alkanes of at least 4 members (excludes halogenated alkanes) is 1. The zero-order valence-electron chi connectivity index (χ0n) is 22.6. The Morgan fingerprint density at radius 2 is 1.74 bits per heavy atom. The maximum absolute atomic E-state index is 13.7. The number of rotatable bonds is 12. The summed E-state index contributed by atoms with van der Waals surface area (Å²) in [5, 5.41) is 0. The summed E-state index contributed by atoms with van der Waals surface area (Å²) in [5.41, 5.74) is 4.56. The smallest absolute Gasteiger partial charge is 0.305 e. The fourth-order valence-electron chi connectivity index (χ4n) is 6.32. The van der Waals surface area contributed by atoms with Crippen LogP contribution in [0.2, 0.25) is 0 Å². The number of hydrogen-bond donors (Lipinski definition) is 0. The second-order valence-electron chi connectivity index (χ2n) is 10.7. The molecule has 204 valence electrons. The van der Waals surface area contributed by atoms with Crippen LogP contribution in [-0.4, -0.2) is 32.4 Å². The van der Waals surface area contributed by atoms with Crippen molar-refractivity contribution >= 4 is 5.97 Å². The highest BCUT2D eigenvalue weighted by Gasteiger charge is 2.59. The lowest BCUT2D eigenvalue weighted by atomic mass is 9.69. The van der Waals surface area contributed by atoms with Gasteiger partial charge in [-0.15, -0.1) is 0 Å². The van der Waals surface area contributed by atoms with Gasteiger partial charge in [0, 0.05) is 17.8 Å². The van der Waals surface area contributed by atoms with Crippen LogP contribution in [-0.2, 0) is 31.0 Å². The minimum Gasteiger partial charge on any atom is -0.469 e. The molecule has 1 saturated carbocycles. The maximum Gasteiger partial charge on any atom is 0.305 e. The Morgan fingerprint density at radius 1 is 1.00 bits per heavy atom. The number of fused-ring (bicyclic) bond motifs is 2. The van der Waals surface area contributed by atoms with Crippen LogP contribution in [0.3, 0.4) is 0 Å². The molecule has 3 aromatic rings. The molecule has 0 N–H and O–H groups in total. The Bertz CT molecular complexity index is 1240. The zero-order valence-corrected chi connectivity index (χ0v) is 22.6. The molecule has 4 atom stereocenters. The van der Waals surface area contributed by atoms with Crippen molar-refractivity contribution in [2.75, 3.05) is 20.3 Å². The number of halogens is 1. The minimum atomic E-state index is -0.219. The molecule has 2 aliphatic rings. The molecule has 4 nitrogen and oxygen atoms in total. The Kier molecular flexibility index (Phi) is 8.90. The standard InChI is InChI=1S/C34H37FO4/c1-37-33(36)12-8-3-2-7-11-31-30(32-21-34(31,24-39-32)28-17-19-29(35)20-18-28)23-38-22-25-13-15-27(16-14-25)26-9-5-4-6-10-26/h2,4-7,9-10,13-20,30-32H,3,8,11-12,21-24H2,1H3/b7-2-/t30-,31-,32-,34-/m0/s1. The van der Waals surface area contributed by atoms with Gasteiger partial charge in [-0.25, -0.2) is 4.39 Å². The maximum atomic E-state index is 13.7. The number of carbonyl (C=O) groups is 1. The van der Waals surface area contributed by atoms with Gasteiger partial charge in [0.25, 0.3) is 0 Å². The summed E-state index contributed by atoms with van der Waals surface area (Å²) in [6.45, 7) is 1.83. The fourth-order valence-corrected chi connectivity index (χ4v) is 6.32. The number of carbonyl (C=O) groups excluding carboxylic acids is 1. The van der Waals surface area contributed by atoms with Crippen molar-refractivity contribution in [3.63, 3.8) is 0 Å². The van der Waals surface area contributed by atoms with Crippen LogP contribution in [0.4, 0.5) is 4.39 Å². The summed E-state index contributed by atoms with van der Waals surface area (Å²) in [7, 11) is 1.42. The Morgan fingerprint density at radius 3 is 2.49 bits per heavy atom. The monoisotopic (exact) mass is 528 g/mol. The van der Waals surface area contributed by atoms with E-state index in [1.165, 1.54) is 18.2 Å². The summed E-state index contributed by atoms with van der Waals surface area (Å²) in [4.78, 5) is 11.4. The number of esters is 1. The van der Waals surface area contributed by atoms with Crippen LogP contribution >= 0.6 is 0 Å². The van der Waals surface area contributed by atoms with Crippen molar-refractivity contribution in [2.24, 2.45) is 11.8 Å².